The number of likely N-dealkylation sites (N-methyl/N-ethyl adjacent to an activating group) is 1. The van der Waals surface area contributed by atoms with Gasteiger partial charge in [0.1, 0.15) is 5.82 Å². The highest BCUT2D eigenvalue weighted by atomic mass is 19.1. The number of carbonyl (C=O) groups is 2. The lowest BCUT2D eigenvalue weighted by Crippen LogP contribution is -2.68. The first-order valence-electron chi connectivity index (χ1n) is 8.90. The fourth-order valence-electron chi connectivity index (χ4n) is 3.94. The summed E-state index contributed by atoms with van der Waals surface area (Å²) in [6.45, 7) is 1.55. The number of hydrogen-bond acceptors (Lipinski definition) is 3. The lowest BCUT2D eigenvalue weighted by Gasteiger charge is -2.55. The van der Waals surface area contributed by atoms with Gasteiger partial charge in [-0.25, -0.2) is 4.39 Å². The van der Waals surface area contributed by atoms with Crippen LogP contribution in [-0.2, 0) is 4.79 Å². The quantitative estimate of drug-likeness (QED) is 0.878. The van der Waals surface area contributed by atoms with Crippen LogP contribution >= 0.6 is 0 Å². The van der Waals surface area contributed by atoms with Crippen molar-refractivity contribution in [2.75, 3.05) is 20.2 Å². The zero-order valence-electron chi connectivity index (χ0n) is 15.4. The molecule has 0 aromatic heterocycles. The Balaban J connectivity index is 1.84. The Labute approximate surface area is 158 Å². The van der Waals surface area contributed by atoms with E-state index in [0.717, 1.165) is 5.56 Å². The molecule has 0 spiro atoms. The van der Waals surface area contributed by atoms with E-state index in [9.17, 15) is 19.1 Å². The van der Waals surface area contributed by atoms with Crippen LogP contribution in [0.25, 0.3) is 0 Å². The van der Waals surface area contributed by atoms with Crippen LogP contribution in [0.2, 0.25) is 0 Å². The molecule has 0 bridgehead atoms. The maximum absolute atomic E-state index is 14.0. The highest BCUT2D eigenvalue weighted by Crippen LogP contribution is 2.41. The highest BCUT2D eigenvalue weighted by Gasteiger charge is 2.50. The number of amides is 2. The third-order valence-corrected chi connectivity index (χ3v) is 5.19. The zero-order chi connectivity index (χ0) is 19.6. The van der Waals surface area contributed by atoms with E-state index >= 15 is 0 Å². The van der Waals surface area contributed by atoms with E-state index in [4.69, 9.17) is 0 Å². The molecule has 1 N–H and O–H groups in total. The van der Waals surface area contributed by atoms with Crippen molar-refractivity contribution < 1.29 is 19.1 Å². The van der Waals surface area contributed by atoms with Gasteiger partial charge in [0, 0.05) is 26.4 Å². The molecule has 0 aliphatic carbocycles. The molecule has 1 heterocycles. The zero-order valence-corrected chi connectivity index (χ0v) is 15.4. The van der Waals surface area contributed by atoms with Gasteiger partial charge in [0.05, 0.1) is 24.3 Å². The van der Waals surface area contributed by atoms with Gasteiger partial charge in [-0.3, -0.25) is 9.59 Å². The molecular formula is C21H23FN2O3. The Morgan fingerprint density at radius 2 is 1.70 bits per heavy atom. The average molecular weight is 370 g/mol. The Kier molecular flexibility index (Phi) is 5.56. The molecule has 2 aromatic rings. The molecule has 6 heteroatoms. The Bertz CT molecular complexity index is 827. The predicted molar refractivity (Wildman–Crippen MR) is 99.7 cm³/mol. The number of benzene rings is 2. The number of rotatable bonds is 5. The summed E-state index contributed by atoms with van der Waals surface area (Å²) in [6.07, 6.45) is 0. The van der Waals surface area contributed by atoms with Crippen LogP contribution in [-0.4, -0.2) is 59.0 Å². The molecule has 0 unspecified atom stereocenters. The van der Waals surface area contributed by atoms with Crippen LogP contribution in [0.1, 0.15) is 28.8 Å². The SMILES string of the molecule is CC(=O)N1[C@H](CO)[C@H](c2ccccc2)[C@H]1CN(C)C(=O)c1ccccc1F. The maximum atomic E-state index is 14.0. The van der Waals surface area contributed by atoms with E-state index < -0.39 is 11.7 Å². The van der Waals surface area contributed by atoms with E-state index in [1.165, 1.54) is 30.0 Å². The normalized spacial score (nSPS) is 21.5. The van der Waals surface area contributed by atoms with Crippen molar-refractivity contribution in [3.63, 3.8) is 0 Å². The molecule has 3 atom stereocenters. The van der Waals surface area contributed by atoms with Crippen LogP contribution in [0.3, 0.4) is 0 Å². The number of hydrogen-bond donors (Lipinski definition) is 1. The van der Waals surface area contributed by atoms with E-state index in [2.05, 4.69) is 0 Å². The van der Waals surface area contributed by atoms with Crippen molar-refractivity contribution in [2.45, 2.75) is 24.9 Å². The largest absolute Gasteiger partial charge is 0.394 e. The first-order chi connectivity index (χ1) is 13.0. The van der Waals surface area contributed by atoms with Crippen molar-refractivity contribution in [3.8, 4) is 0 Å². The number of likely N-dealkylation sites (tertiary alicyclic amines) is 1. The molecule has 142 valence electrons. The molecule has 2 aromatic carbocycles. The summed E-state index contributed by atoms with van der Waals surface area (Å²) in [5.41, 5.74) is 1.01. The topological polar surface area (TPSA) is 60.9 Å². The molecule has 3 rings (SSSR count). The number of aliphatic hydroxyl groups excluding tert-OH is 1. The van der Waals surface area contributed by atoms with Crippen molar-refractivity contribution in [3.05, 3.63) is 71.5 Å². The third kappa shape index (κ3) is 3.57. The second-order valence-electron chi connectivity index (χ2n) is 6.85. The lowest BCUT2D eigenvalue weighted by atomic mass is 9.75. The summed E-state index contributed by atoms with van der Waals surface area (Å²) in [4.78, 5) is 27.8. The van der Waals surface area contributed by atoms with Gasteiger partial charge < -0.3 is 14.9 Å². The van der Waals surface area contributed by atoms with Gasteiger partial charge in [0.15, 0.2) is 0 Å². The molecule has 1 aliphatic rings. The highest BCUT2D eigenvalue weighted by molar-refractivity contribution is 5.94. The van der Waals surface area contributed by atoms with E-state index in [1.54, 1.807) is 18.0 Å². The third-order valence-electron chi connectivity index (χ3n) is 5.19. The van der Waals surface area contributed by atoms with Gasteiger partial charge in [0.25, 0.3) is 5.91 Å². The maximum Gasteiger partial charge on any atom is 0.256 e. The van der Waals surface area contributed by atoms with E-state index in [0.29, 0.717) is 0 Å². The minimum Gasteiger partial charge on any atom is -0.394 e. The molecule has 5 nitrogen and oxygen atoms in total. The summed E-state index contributed by atoms with van der Waals surface area (Å²) in [6, 6.07) is 14.9. The molecular weight excluding hydrogens is 347 g/mol. The van der Waals surface area contributed by atoms with Gasteiger partial charge >= 0.3 is 0 Å². The number of aliphatic hydroxyl groups is 1. The minimum atomic E-state index is -0.570. The fourth-order valence-corrected chi connectivity index (χ4v) is 3.94. The standard InChI is InChI=1S/C21H23FN2O3/c1-14(26)24-18(20(19(24)13-25)15-8-4-3-5-9-15)12-23(2)21(27)16-10-6-7-11-17(16)22/h3-11,18-20,25H,12-13H2,1-2H3/t18-,19-,20-/m1/s1. The molecule has 1 aliphatic heterocycles. The fraction of sp³-hybridized carbons (Fsp3) is 0.333. The average Bonchev–Trinajstić information content (AvgIpc) is 2.65. The van der Waals surface area contributed by atoms with Crippen molar-refractivity contribution >= 4 is 11.8 Å². The summed E-state index contributed by atoms with van der Waals surface area (Å²) < 4.78 is 14.0. The van der Waals surface area contributed by atoms with Crippen molar-refractivity contribution in [1.82, 2.24) is 9.80 Å². The Morgan fingerprint density at radius 3 is 2.30 bits per heavy atom. The molecule has 1 saturated heterocycles. The summed E-state index contributed by atoms with van der Waals surface area (Å²) in [5, 5.41) is 9.79. The van der Waals surface area contributed by atoms with Gasteiger partial charge in [-0.15, -0.1) is 0 Å². The molecule has 1 fully saturated rings. The summed E-state index contributed by atoms with van der Waals surface area (Å²) in [5.74, 6) is -1.25. The van der Waals surface area contributed by atoms with Crippen molar-refractivity contribution in [1.29, 1.82) is 0 Å². The van der Waals surface area contributed by atoms with Crippen LogP contribution in [0.4, 0.5) is 4.39 Å². The first kappa shape index (κ1) is 19.0. The first-order valence-corrected chi connectivity index (χ1v) is 8.90. The second kappa shape index (κ2) is 7.88. The van der Waals surface area contributed by atoms with E-state index in [-0.39, 0.29) is 42.6 Å². The predicted octanol–water partition coefficient (Wildman–Crippen LogP) is 2.27. The van der Waals surface area contributed by atoms with Crippen LogP contribution < -0.4 is 0 Å². The minimum absolute atomic E-state index is 0.00340. The van der Waals surface area contributed by atoms with Crippen molar-refractivity contribution in [2.24, 2.45) is 0 Å². The van der Waals surface area contributed by atoms with Gasteiger partial charge in [-0.05, 0) is 17.7 Å². The lowest BCUT2D eigenvalue weighted by molar-refractivity contribution is -0.148. The van der Waals surface area contributed by atoms with Gasteiger partial charge in [-0.2, -0.15) is 0 Å². The van der Waals surface area contributed by atoms with Gasteiger partial charge in [-0.1, -0.05) is 42.5 Å². The second-order valence-corrected chi connectivity index (χ2v) is 6.85. The Morgan fingerprint density at radius 1 is 1.07 bits per heavy atom. The smallest absolute Gasteiger partial charge is 0.256 e. The van der Waals surface area contributed by atoms with Crippen LogP contribution in [0.5, 0.6) is 0 Å². The van der Waals surface area contributed by atoms with E-state index in [1.807, 2.05) is 30.3 Å². The Hall–Kier alpha value is -2.73. The number of carbonyl (C=O) groups excluding carboxylic acids is 2. The monoisotopic (exact) mass is 370 g/mol. The summed E-state index contributed by atoms with van der Waals surface area (Å²) in [7, 11) is 1.60. The van der Waals surface area contributed by atoms with Crippen LogP contribution in [0, 0.1) is 5.82 Å². The van der Waals surface area contributed by atoms with Gasteiger partial charge in [0.2, 0.25) is 5.91 Å². The molecule has 27 heavy (non-hydrogen) atoms. The molecule has 0 radical (unpaired) electrons. The van der Waals surface area contributed by atoms with Crippen LogP contribution in [0.15, 0.2) is 54.6 Å². The number of halogens is 1. The number of nitrogens with zero attached hydrogens (tertiary/aromatic N) is 2. The summed E-state index contributed by atoms with van der Waals surface area (Å²) >= 11 is 0. The molecule has 2 amide bonds. The molecule has 0 saturated carbocycles.